The van der Waals surface area contributed by atoms with E-state index in [1.54, 1.807) is 16.8 Å². The highest BCUT2D eigenvalue weighted by Crippen LogP contribution is 2.16. The highest BCUT2D eigenvalue weighted by Gasteiger charge is 2.06. The van der Waals surface area contributed by atoms with Gasteiger partial charge in [-0.25, -0.2) is 0 Å². The van der Waals surface area contributed by atoms with Crippen molar-refractivity contribution < 1.29 is 5.11 Å². The Bertz CT molecular complexity index is 617. The average Bonchev–Trinajstić information content (AvgIpc) is 2.49. The first kappa shape index (κ1) is 14.5. The Balaban J connectivity index is 2.37. The molecule has 0 aliphatic rings. The molecule has 20 heavy (non-hydrogen) atoms. The Hall–Kier alpha value is -1.91. The number of hydrogen-bond acceptors (Lipinski definition) is 3. The quantitative estimate of drug-likeness (QED) is 0.865. The molecule has 0 spiro atoms. The van der Waals surface area contributed by atoms with Crippen molar-refractivity contribution in [1.29, 1.82) is 0 Å². The van der Waals surface area contributed by atoms with Crippen molar-refractivity contribution in [3.05, 3.63) is 64.1 Å². The number of pyridine rings is 1. The van der Waals surface area contributed by atoms with Crippen LogP contribution in [0.25, 0.3) is 5.69 Å². The number of rotatable bonds is 5. The van der Waals surface area contributed by atoms with E-state index >= 15 is 0 Å². The second-order valence-corrected chi connectivity index (χ2v) is 4.91. The maximum Gasteiger partial charge on any atom is 0.258 e. The molecule has 4 nitrogen and oxygen atoms in total. The molecule has 0 bridgehead atoms. The molecule has 0 radical (unpaired) electrons. The lowest BCUT2D eigenvalue weighted by molar-refractivity contribution is 0.299. The van der Waals surface area contributed by atoms with Gasteiger partial charge in [-0.05, 0) is 36.2 Å². The SMILES string of the molecule is CC(CN)c1ccc(-n2cccc(CCO)c2=O)cc1. The van der Waals surface area contributed by atoms with Gasteiger partial charge in [0.25, 0.3) is 5.56 Å². The van der Waals surface area contributed by atoms with Crippen LogP contribution in [0, 0.1) is 0 Å². The molecule has 0 aliphatic heterocycles. The van der Waals surface area contributed by atoms with Gasteiger partial charge in [-0.1, -0.05) is 25.1 Å². The Kier molecular flexibility index (Phi) is 4.71. The number of benzene rings is 1. The van der Waals surface area contributed by atoms with Crippen LogP contribution in [0.1, 0.15) is 24.0 Å². The van der Waals surface area contributed by atoms with Crippen LogP contribution in [-0.4, -0.2) is 22.8 Å². The van der Waals surface area contributed by atoms with E-state index < -0.39 is 0 Å². The standard InChI is InChI=1S/C16H20N2O2/c1-12(11-17)13-4-6-15(7-5-13)18-9-2-3-14(8-10-19)16(18)20/h2-7,9,12,19H,8,10-11,17H2,1H3. The summed E-state index contributed by atoms with van der Waals surface area (Å²) in [4.78, 5) is 12.3. The van der Waals surface area contributed by atoms with Gasteiger partial charge in [0.15, 0.2) is 0 Å². The summed E-state index contributed by atoms with van der Waals surface area (Å²) >= 11 is 0. The number of hydrogen-bond donors (Lipinski definition) is 2. The van der Waals surface area contributed by atoms with Crippen molar-refractivity contribution in [3.63, 3.8) is 0 Å². The van der Waals surface area contributed by atoms with Crippen LogP contribution in [0.5, 0.6) is 0 Å². The zero-order valence-corrected chi connectivity index (χ0v) is 11.6. The zero-order valence-electron chi connectivity index (χ0n) is 11.6. The highest BCUT2D eigenvalue weighted by atomic mass is 16.3. The summed E-state index contributed by atoms with van der Waals surface area (Å²) in [6, 6.07) is 11.4. The fourth-order valence-electron chi connectivity index (χ4n) is 2.15. The molecule has 0 aliphatic carbocycles. The van der Waals surface area contributed by atoms with E-state index in [-0.39, 0.29) is 12.2 Å². The Morgan fingerprint density at radius 3 is 2.55 bits per heavy atom. The van der Waals surface area contributed by atoms with Crippen LogP contribution in [0.4, 0.5) is 0 Å². The van der Waals surface area contributed by atoms with E-state index in [1.165, 1.54) is 0 Å². The van der Waals surface area contributed by atoms with E-state index in [1.807, 2.05) is 30.3 Å². The lowest BCUT2D eigenvalue weighted by Crippen LogP contribution is -2.22. The number of nitrogens with zero attached hydrogens (tertiary/aromatic N) is 1. The molecule has 2 aromatic rings. The van der Waals surface area contributed by atoms with Gasteiger partial charge in [0, 0.05) is 30.5 Å². The third kappa shape index (κ3) is 2.98. The maximum atomic E-state index is 12.3. The molecular weight excluding hydrogens is 252 g/mol. The number of nitrogens with two attached hydrogens (primary N) is 1. The van der Waals surface area contributed by atoms with Gasteiger partial charge in [0.1, 0.15) is 0 Å². The smallest absolute Gasteiger partial charge is 0.258 e. The van der Waals surface area contributed by atoms with Crippen molar-refractivity contribution in [1.82, 2.24) is 4.57 Å². The predicted molar refractivity (Wildman–Crippen MR) is 80.3 cm³/mol. The van der Waals surface area contributed by atoms with Crippen LogP contribution in [0.2, 0.25) is 0 Å². The van der Waals surface area contributed by atoms with Gasteiger partial charge >= 0.3 is 0 Å². The van der Waals surface area contributed by atoms with Crippen molar-refractivity contribution in [2.24, 2.45) is 5.73 Å². The number of aromatic nitrogens is 1. The van der Waals surface area contributed by atoms with Crippen LogP contribution >= 0.6 is 0 Å². The van der Waals surface area contributed by atoms with Crippen molar-refractivity contribution in [2.75, 3.05) is 13.2 Å². The Morgan fingerprint density at radius 2 is 1.95 bits per heavy atom. The minimum atomic E-state index is -0.0822. The molecule has 0 saturated carbocycles. The first-order valence-corrected chi connectivity index (χ1v) is 6.79. The third-order valence-electron chi connectivity index (χ3n) is 3.50. The van der Waals surface area contributed by atoms with Gasteiger partial charge in [-0.3, -0.25) is 9.36 Å². The van der Waals surface area contributed by atoms with Gasteiger partial charge in [0.05, 0.1) is 0 Å². The van der Waals surface area contributed by atoms with E-state index in [2.05, 4.69) is 6.92 Å². The van der Waals surface area contributed by atoms with Crippen molar-refractivity contribution >= 4 is 0 Å². The second-order valence-electron chi connectivity index (χ2n) is 4.91. The lowest BCUT2D eigenvalue weighted by Gasteiger charge is -2.11. The van der Waals surface area contributed by atoms with Crippen molar-refractivity contribution in [2.45, 2.75) is 19.3 Å². The normalized spacial score (nSPS) is 12.3. The summed E-state index contributed by atoms with van der Waals surface area (Å²) in [6.07, 6.45) is 2.12. The summed E-state index contributed by atoms with van der Waals surface area (Å²) in [5, 5.41) is 8.97. The topological polar surface area (TPSA) is 68.2 Å². The molecule has 0 fully saturated rings. The molecule has 106 valence electrons. The van der Waals surface area contributed by atoms with Gasteiger partial charge in [0.2, 0.25) is 0 Å². The van der Waals surface area contributed by atoms with E-state index in [9.17, 15) is 4.79 Å². The molecule has 1 aromatic heterocycles. The maximum absolute atomic E-state index is 12.3. The molecule has 3 N–H and O–H groups in total. The molecule has 1 unspecified atom stereocenters. The molecule has 4 heteroatoms. The molecule has 1 aromatic carbocycles. The highest BCUT2D eigenvalue weighted by molar-refractivity contribution is 5.37. The monoisotopic (exact) mass is 272 g/mol. The predicted octanol–water partition coefficient (Wildman–Crippen LogP) is 1.43. The minimum absolute atomic E-state index is 0.0216. The van der Waals surface area contributed by atoms with Crippen LogP contribution < -0.4 is 11.3 Å². The van der Waals surface area contributed by atoms with Gasteiger partial charge in [-0.15, -0.1) is 0 Å². The molecular formula is C16H20N2O2. The lowest BCUT2D eigenvalue weighted by atomic mass is 10.0. The fraction of sp³-hybridized carbons (Fsp3) is 0.312. The summed E-state index contributed by atoms with van der Waals surface area (Å²) in [7, 11) is 0. The zero-order chi connectivity index (χ0) is 14.5. The average molecular weight is 272 g/mol. The molecule has 1 heterocycles. The van der Waals surface area contributed by atoms with E-state index in [0.29, 0.717) is 24.4 Å². The largest absolute Gasteiger partial charge is 0.396 e. The molecule has 0 saturated heterocycles. The first-order valence-electron chi connectivity index (χ1n) is 6.79. The van der Waals surface area contributed by atoms with E-state index in [0.717, 1.165) is 11.3 Å². The van der Waals surface area contributed by atoms with Crippen LogP contribution in [-0.2, 0) is 6.42 Å². The number of aliphatic hydroxyl groups is 1. The van der Waals surface area contributed by atoms with E-state index in [4.69, 9.17) is 10.8 Å². The van der Waals surface area contributed by atoms with Crippen LogP contribution in [0.15, 0.2) is 47.4 Å². The Labute approximate surface area is 118 Å². The fourth-order valence-corrected chi connectivity index (χ4v) is 2.15. The van der Waals surface area contributed by atoms with Crippen molar-refractivity contribution in [3.8, 4) is 5.69 Å². The summed E-state index contributed by atoms with van der Waals surface area (Å²) in [5.74, 6) is 0.307. The molecule has 0 amide bonds. The first-order chi connectivity index (χ1) is 9.67. The molecule has 1 atom stereocenters. The van der Waals surface area contributed by atoms with Gasteiger partial charge in [-0.2, -0.15) is 0 Å². The second kappa shape index (κ2) is 6.50. The summed E-state index contributed by atoms with van der Waals surface area (Å²) < 4.78 is 1.60. The third-order valence-corrected chi connectivity index (χ3v) is 3.50. The summed E-state index contributed by atoms with van der Waals surface area (Å²) in [5.41, 5.74) is 8.17. The molecule has 2 rings (SSSR count). The van der Waals surface area contributed by atoms with Crippen LogP contribution in [0.3, 0.4) is 0 Å². The summed E-state index contributed by atoms with van der Waals surface area (Å²) in [6.45, 7) is 2.65. The van der Waals surface area contributed by atoms with Gasteiger partial charge < -0.3 is 10.8 Å². The number of aliphatic hydroxyl groups excluding tert-OH is 1. The minimum Gasteiger partial charge on any atom is -0.396 e. The Morgan fingerprint density at radius 1 is 1.25 bits per heavy atom.